The Hall–Kier alpha value is -7.56. The molecule has 0 radical (unpaired) electrons. The Morgan fingerprint density at radius 3 is 1.91 bits per heavy atom. The molecule has 0 N–H and O–H groups in total. The van der Waals surface area contributed by atoms with Gasteiger partial charge >= 0.3 is 0 Å². The first-order valence-electron chi connectivity index (χ1n) is 19.3. The first-order chi connectivity index (χ1) is 28.1. The molecule has 7 aromatic carbocycles. The highest BCUT2D eigenvalue weighted by Gasteiger charge is 2.17. The van der Waals surface area contributed by atoms with Crippen molar-refractivity contribution in [3.05, 3.63) is 224 Å². The van der Waals surface area contributed by atoms with Gasteiger partial charge in [0, 0.05) is 50.4 Å². The van der Waals surface area contributed by atoms with Crippen molar-refractivity contribution in [3.8, 4) is 22.5 Å². The zero-order chi connectivity index (χ0) is 38.3. The molecule has 57 heavy (non-hydrogen) atoms. The van der Waals surface area contributed by atoms with Crippen LogP contribution in [0.2, 0.25) is 0 Å². The number of aromatic nitrogens is 3. The Labute approximate surface area is 331 Å². The van der Waals surface area contributed by atoms with E-state index >= 15 is 0 Å². The standard InChI is InChI=1S/C53H38N4/c1-36(38-16-6-3-7-17-38)32-49(39-18-8-4-9-19-39)55-37(2)40-20-14-23-44(33-40)57-51-30-28-41(34-48(51)47-25-15-31-54-53(47)57)42-27-29-46-45-24-12-13-26-50(45)56(52(46)35-42)43-21-10-5-11-22-43/h3-35H,1H2,2H3/b49-32-,55-37?. The van der Waals surface area contributed by atoms with E-state index < -0.39 is 0 Å². The van der Waals surface area contributed by atoms with Crippen LogP contribution in [0.15, 0.2) is 212 Å². The maximum Gasteiger partial charge on any atom is 0.145 e. The number of nitrogens with zero attached hydrogens (tertiary/aromatic N) is 4. The minimum atomic E-state index is 0.862. The molecular formula is C53H38N4. The van der Waals surface area contributed by atoms with E-state index in [1.165, 1.54) is 27.4 Å². The molecule has 0 aliphatic rings. The van der Waals surface area contributed by atoms with Crippen LogP contribution in [0.25, 0.3) is 77.5 Å². The third-order valence-electron chi connectivity index (χ3n) is 10.9. The maximum atomic E-state index is 5.23. The van der Waals surface area contributed by atoms with Gasteiger partial charge in [-0.1, -0.05) is 134 Å². The van der Waals surface area contributed by atoms with Crippen LogP contribution in [0, 0.1) is 0 Å². The summed E-state index contributed by atoms with van der Waals surface area (Å²) in [6.07, 6.45) is 3.95. The van der Waals surface area contributed by atoms with Crippen LogP contribution in [0.3, 0.4) is 0 Å². The summed E-state index contributed by atoms with van der Waals surface area (Å²) >= 11 is 0. The highest BCUT2D eigenvalue weighted by Crippen LogP contribution is 2.38. The topological polar surface area (TPSA) is 35.1 Å². The van der Waals surface area contributed by atoms with Gasteiger partial charge in [-0.05, 0) is 101 Å². The Morgan fingerprint density at radius 2 is 1.11 bits per heavy atom. The number of rotatable bonds is 8. The van der Waals surface area contributed by atoms with Crippen LogP contribution >= 0.6 is 0 Å². The molecule has 10 aromatic rings. The van der Waals surface area contributed by atoms with Gasteiger partial charge in [0.05, 0.1) is 22.2 Å². The van der Waals surface area contributed by atoms with Gasteiger partial charge in [0.25, 0.3) is 0 Å². The Balaban J connectivity index is 1.07. The summed E-state index contributed by atoms with van der Waals surface area (Å²) in [5.41, 5.74) is 14.7. The molecular weight excluding hydrogens is 693 g/mol. The normalized spacial score (nSPS) is 12.2. The molecule has 0 spiro atoms. The number of hydrogen-bond donors (Lipinski definition) is 0. The monoisotopic (exact) mass is 730 g/mol. The summed E-state index contributed by atoms with van der Waals surface area (Å²) in [6.45, 7) is 6.46. The highest BCUT2D eigenvalue weighted by molar-refractivity contribution is 6.12. The number of para-hydroxylation sites is 2. The molecule has 0 unspecified atom stereocenters. The quantitative estimate of drug-likeness (QED) is 0.113. The fraction of sp³-hybridized carbons (Fsp3) is 0.0189. The van der Waals surface area contributed by atoms with Gasteiger partial charge in [-0.15, -0.1) is 0 Å². The smallest absolute Gasteiger partial charge is 0.145 e. The largest absolute Gasteiger partial charge is 0.309 e. The second-order valence-corrected chi connectivity index (χ2v) is 14.4. The Bertz CT molecular complexity index is 3180. The average Bonchev–Trinajstić information content (AvgIpc) is 3.79. The van der Waals surface area contributed by atoms with Crippen LogP contribution in [-0.2, 0) is 0 Å². The average molecular weight is 731 g/mol. The van der Waals surface area contributed by atoms with Crippen LogP contribution in [0.4, 0.5) is 0 Å². The molecule has 0 aliphatic heterocycles. The molecule has 0 saturated heterocycles. The van der Waals surface area contributed by atoms with E-state index in [0.717, 1.165) is 72.5 Å². The number of fused-ring (bicyclic) bond motifs is 6. The molecule has 3 aromatic heterocycles. The predicted octanol–water partition coefficient (Wildman–Crippen LogP) is 13.5. The summed E-state index contributed by atoms with van der Waals surface area (Å²) in [7, 11) is 0. The van der Waals surface area contributed by atoms with E-state index in [-0.39, 0.29) is 0 Å². The first-order valence-corrected chi connectivity index (χ1v) is 19.3. The molecule has 0 bridgehead atoms. The second-order valence-electron chi connectivity index (χ2n) is 14.4. The fourth-order valence-electron chi connectivity index (χ4n) is 8.10. The van der Waals surface area contributed by atoms with Gasteiger partial charge in [-0.2, -0.15) is 0 Å². The maximum absolute atomic E-state index is 5.23. The summed E-state index contributed by atoms with van der Waals surface area (Å²) in [6, 6.07) is 66.3. The molecule has 0 fully saturated rings. The molecule has 0 aliphatic carbocycles. The number of hydrogen-bond acceptors (Lipinski definition) is 2. The minimum absolute atomic E-state index is 0.862. The van der Waals surface area contributed by atoms with Crippen molar-refractivity contribution in [1.29, 1.82) is 0 Å². The molecule has 0 saturated carbocycles. The molecule has 10 rings (SSSR count). The molecule has 3 heterocycles. The van der Waals surface area contributed by atoms with Crippen molar-refractivity contribution in [2.45, 2.75) is 6.92 Å². The lowest BCUT2D eigenvalue weighted by Gasteiger charge is -2.11. The Kier molecular flexibility index (Phi) is 8.50. The predicted molar refractivity (Wildman–Crippen MR) is 240 cm³/mol. The van der Waals surface area contributed by atoms with Crippen LogP contribution in [-0.4, -0.2) is 19.8 Å². The zero-order valence-electron chi connectivity index (χ0n) is 31.5. The number of benzene rings is 7. The van der Waals surface area contributed by atoms with Gasteiger partial charge in [0.2, 0.25) is 0 Å². The third-order valence-corrected chi connectivity index (χ3v) is 10.9. The van der Waals surface area contributed by atoms with Crippen LogP contribution in [0.1, 0.15) is 23.6 Å². The van der Waals surface area contributed by atoms with E-state index in [2.05, 4.69) is 174 Å². The van der Waals surface area contributed by atoms with Crippen LogP contribution < -0.4 is 0 Å². The third kappa shape index (κ3) is 6.14. The van der Waals surface area contributed by atoms with Crippen molar-refractivity contribution in [3.63, 3.8) is 0 Å². The molecule has 0 atom stereocenters. The lowest BCUT2D eigenvalue weighted by Crippen LogP contribution is -2.00. The molecule has 0 amide bonds. The van der Waals surface area contributed by atoms with Gasteiger partial charge in [-0.3, -0.25) is 9.56 Å². The summed E-state index contributed by atoms with van der Waals surface area (Å²) in [5.74, 6) is 0. The van der Waals surface area contributed by atoms with E-state index in [1.807, 2.05) is 48.7 Å². The lowest BCUT2D eigenvalue weighted by molar-refractivity contribution is 1.13. The van der Waals surface area contributed by atoms with E-state index in [1.54, 1.807) is 0 Å². The van der Waals surface area contributed by atoms with Crippen molar-refractivity contribution in [2.24, 2.45) is 4.99 Å². The van der Waals surface area contributed by atoms with E-state index in [0.29, 0.717) is 0 Å². The van der Waals surface area contributed by atoms with E-state index in [4.69, 9.17) is 9.98 Å². The SMILES string of the molecule is C=C(/C=C(\N=C(C)c1cccc(-n2c3ccc(-c4ccc5c6ccccc6n(-c6ccccc6)c5c4)cc3c3cccnc32)c1)c1ccccc1)c1ccccc1. The molecule has 4 heteroatoms. The van der Waals surface area contributed by atoms with Gasteiger partial charge in [0.15, 0.2) is 0 Å². The van der Waals surface area contributed by atoms with Crippen molar-refractivity contribution >= 4 is 60.7 Å². The fourth-order valence-corrected chi connectivity index (χ4v) is 8.10. The van der Waals surface area contributed by atoms with Crippen molar-refractivity contribution in [1.82, 2.24) is 14.1 Å². The number of allylic oxidation sites excluding steroid dienone is 2. The van der Waals surface area contributed by atoms with E-state index in [9.17, 15) is 0 Å². The highest BCUT2D eigenvalue weighted by atomic mass is 15.0. The minimum Gasteiger partial charge on any atom is -0.309 e. The summed E-state index contributed by atoms with van der Waals surface area (Å²) in [4.78, 5) is 10.2. The van der Waals surface area contributed by atoms with Crippen molar-refractivity contribution in [2.75, 3.05) is 0 Å². The first kappa shape index (κ1) is 34.0. The summed E-state index contributed by atoms with van der Waals surface area (Å²) < 4.78 is 4.64. The second kappa shape index (κ2) is 14.3. The van der Waals surface area contributed by atoms with Crippen molar-refractivity contribution < 1.29 is 0 Å². The number of pyridine rings is 1. The molecule has 4 nitrogen and oxygen atoms in total. The molecule has 270 valence electrons. The summed E-state index contributed by atoms with van der Waals surface area (Å²) in [5, 5.41) is 4.76. The number of aliphatic imine (C=N–C) groups is 1. The zero-order valence-corrected chi connectivity index (χ0v) is 31.5. The van der Waals surface area contributed by atoms with Gasteiger partial charge < -0.3 is 4.57 Å². The lowest BCUT2D eigenvalue weighted by atomic mass is 10.0. The van der Waals surface area contributed by atoms with Gasteiger partial charge in [0.1, 0.15) is 5.65 Å². The Morgan fingerprint density at radius 1 is 0.491 bits per heavy atom. The van der Waals surface area contributed by atoms with Crippen LogP contribution in [0.5, 0.6) is 0 Å². The van der Waals surface area contributed by atoms with Gasteiger partial charge in [-0.25, -0.2) is 4.98 Å².